The number of aryl methyl sites for hydroxylation is 1. The third-order valence-electron chi connectivity index (χ3n) is 3.26. The number of hydrogen-bond acceptors (Lipinski definition) is 4. The van der Waals surface area contributed by atoms with Crippen LogP contribution in [-0.4, -0.2) is 15.7 Å². The normalized spacial score (nSPS) is 10.6. The largest absolute Gasteiger partial charge is 0.487 e. The minimum absolute atomic E-state index is 0.136. The molecule has 0 saturated heterocycles. The van der Waals surface area contributed by atoms with Gasteiger partial charge in [0.2, 0.25) is 0 Å². The molecule has 22 heavy (non-hydrogen) atoms. The van der Waals surface area contributed by atoms with E-state index in [0.717, 1.165) is 11.8 Å². The summed E-state index contributed by atoms with van der Waals surface area (Å²) in [5.41, 5.74) is 2.60. The zero-order chi connectivity index (χ0) is 15.5. The standard InChI is InChI=1S/C17H14N2O3/c1-12-2-7-16-18-14(8-17(21)19(16)9-12)11-22-15-5-3-13(10-20)4-6-15/h2-10H,11H2,1H3. The summed E-state index contributed by atoms with van der Waals surface area (Å²) in [5, 5.41) is 0. The molecule has 0 spiro atoms. The topological polar surface area (TPSA) is 60.7 Å². The highest BCUT2D eigenvalue weighted by Crippen LogP contribution is 2.13. The van der Waals surface area contributed by atoms with Crippen molar-refractivity contribution in [2.24, 2.45) is 0 Å². The van der Waals surface area contributed by atoms with Crippen LogP contribution in [0.25, 0.3) is 5.65 Å². The Kier molecular flexibility index (Phi) is 3.70. The average Bonchev–Trinajstić information content (AvgIpc) is 2.54. The molecule has 0 N–H and O–H groups in total. The van der Waals surface area contributed by atoms with Crippen LogP contribution in [0.5, 0.6) is 5.75 Å². The second-order valence-corrected chi connectivity index (χ2v) is 5.00. The van der Waals surface area contributed by atoms with Gasteiger partial charge in [0.1, 0.15) is 24.3 Å². The van der Waals surface area contributed by atoms with Crippen molar-refractivity contribution in [3.8, 4) is 5.75 Å². The Morgan fingerprint density at radius 3 is 2.68 bits per heavy atom. The zero-order valence-electron chi connectivity index (χ0n) is 12.0. The third-order valence-corrected chi connectivity index (χ3v) is 3.26. The second kappa shape index (κ2) is 5.81. The molecule has 3 rings (SSSR count). The third kappa shape index (κ3) is 2.88. The van der Waals surface area contributed by atoms with E-state index in [1.54, 1.807) is 36.5 Å². The quantitative estimate of drug-likeness (QED) is 0.693. The van der Waals surface area contributed by atoms with E-state index in [4.69, 9.17) is 4.74 Å². The molecule has 0 fully saturated rings. The van der Waals surface area contributed by atoms with Crippen molar-refractivity contribution in [1.82, 2.24) is 9.38 Å². The molecule has 5 heteroatoms. The van der Waals surface area contributed by atoms with Crippen LogP contribution >= 0.6 is 0 Å². The molecule has 0 aliphatic carbocycles. The van der Waals surface area contributed by atoms with Gasteiger partial charge in [-0.1, -0.05) is 6.07 Å². The van der Waals surface area contributed by atoms with Crippen molar-refractivity contribution in [2.45, 2.75) is 13.5 Å². The SMILES string of the molecule is Cc1ccc2nc(COc3ccc(C=O)cc3)cc(=O)n2c1. The van der Waals surface area contributed by atoms with Gasteiger partial charge in [0.25, 0.3) is 5.56 Å². The van der Waals surface area contributed by atoms with Crippen LogP contribution in [0.2, 0.25) is 0 Å². The van der Waals surface area contributed by atoms with E-state index in [1.807, 2.05) is 13.0 Å². The number of hydrogen-bond donors (Lipinski definition) is 0. The number of pyridine rings is 1. The van der Waals surface area contributed by atoms with Crippen LogP contribution in [0.1, 0.15) is 21.6 Å². The first-order valence-electron chi connectivity index (χ1n) is 6.83. The zero-order valence-corrected chi connectivity index (χ0v) is 12.0. The fourth-order valence-electron chi connectivity index (χ4n) is 2.13. The van der Waals surface area contributed by atoms with Crippen molar-refractivity contribution < 1.29 is 9.53 Å². The average molecular weight is 294 g/mol. The summed E-state index contributed by atoms with van der Waals surface area (Å²) in [7, 11) is 0. The van der Waals surface area contributed by atoms with Gasteiger partial charge >= 0.3 is 0 Å². The van der Waals surface area contributed by atoms with E-state index in [-0.39, 0.29) is 12.2 Å². The van der Waals surface area contributed by atoms with Gasteiger partial charge < -0.3 is 4.74 Å². The van der Waals surface area contributed by atoms with Gasteiger partial charge in [-0.05, 0) is 42.8 Å². The van der Waals surface area contributed by atoms with Crippen LogP contribution in [0, 0.1) is 6.92 Å². The van der Waals surface area contributed by atoms with Crippen molar-refractivity contribution >= 4 is 11.9 Å². The summed E-state index contributed by atoms with van der Waals surface area (Å²) >= 11 is 0. The molecule has 3 aromatic rings. The monoisotopic (exact) mass is 294 g/mol. The molecule has 0 aliphatic rings. The highest BCUT2D eigenvalue weighted by atomic mass is 16.5. The summed E-state index contributed by atoms with van der Waals surface area (Å²) in [6, 6.07) is 11.9. The second-order valence-electron chi connectivity index (χ2n) is 5.00. The fraction of sp³-hybridized carbons (Fsp3) is 0.118. The molecule has 0 atom stereocenters. The molecule has 2 heterocycles. The minimum Gasteiger partial charge on any atom is -0.487 e. The Morgan fingerprint density at radius 2 is 1.95 bits per heavy atom. The van der Waals surface area contributed by atoms with Crippen LogP contribution in [0.4, 0.5) is 0 Å². The fourth-order valence-corrected chi connectivity index (χ4v) is 2.13. The lowest BCUT2D eigenvalue weighted by Crippen LogP contribution is -2.16. The van der Waals surface area contributed by atoms with E-state index < -0.39 is 0 Å². The van der Waals surface area contributed by atoms with Crippen LogP contribution in [0.15, 0.2) is 53.5 Å². The number of ether oxygens (including phenoxy) is 1. The predicted octanol–water partition coefficient (Wildman–Crippen LogP) is 2.39. The maximum absolute atomic E-state index is 12.1. The number of nitrogens with zero attached hydrogens (tertiary/aromatic N) is 2. The molecule has 5 nitrogen and oxygen atoms in total. The smallest absolute Gasteiger partial charge is 0.258 e. The van der Waals surface area contributed by atoms with Gasteiger partial charge in [0.05, 0.1) is 5.69 Å². The maximum atomic E-state index is 12.1. The number of aromatic nitrogens is 2. The van der Waals surface area contributed by atoms with Gasteiger partial charge in [0.15, 0.2) is 0 Å². The van der Waals surface area contributed by atoms with Crippen molar-refractivity contribution in [2.75, 3.05) is 0 Å². The lowest BCUT2D eigenvalue weighted by Gasteiger charge is -2.07. The van der Waals surface area contributed by atoms with E-state index in [2.05, 4.69) is 4.98 Å². The Balaban J connectivity index is 1.83. The summed E-state index contributed by atoms with van der Waals surface area (Å²) in [6.45, 7) is 2.12. The molecule has 0 aliphatic heterocycles. The summed E-state index contributed by atoms with van der Waals surface area (Å²) in [6.07, 6.45) is 2.53. The molecule has 0 bridgehead atoms. The van der Waals surface area contributed by atoms with Gasteiger partial charge in [0, 0.05) is 17.8 Å². The molecular formula is C17H14N2O3. The lowest BCUT2D eigenvalue weighted by molar-refractivity contribution is 0.112. The van der Waals surface area contributed by atoms with Gasteiger partial charge in [-0.25, -0.2) is 4.98 Å². The van der Waals surface area contributed by atoms with Gasteiger partial charge in [-0.2, -0.15) is 0 Å². The maximum Gasteiger partial charge on any atom is 0.258 e. The van der Waals surface area contributed by atoms with Crippen LogP contribution in [-0.2, 0) is 6.61 Å². The van der Waals surface area contributed by atoms with Crippen LogP contribution in [0.3, 0.4) is 0 Å². The molecule has 0 amide bonds. The summed E-state index contributed by atoms with van der Waals surface area (Å²) < 4.78 is 7.10. The Bertz CT molecular complexity index is 883. The minimum atomic E-state index is -0.136. The predicted molar refractivity (Wildman–Crippen MR) is 82.4 cm³/mol. The summed E-state index contributed by atoms with van der Waals surface area (Å²) in [5.74, 6) is 0.622. The molecule has 0 radical (unpaired) electrons. The number of carbonyl (C=O) groups is 1. The van der Waals surface area contributed by atoms with E-state index in [9.17, 15) is 9.59 Å². The number of carbonyl (C=O) groups excluding carboxylic acids is 1. The number of aldehydes is 1. The van der Waals surface area contributed by atoms with E-state index >= 15 is 0 Å². The first kappa shape index (κ1) is 14.0. The van der Waals surface area contributed by atoms with Crippen molar-refractivity contribution in [3.63, 3.8) is 0 Å². The Morgan fingerprint density at radius 1 is 1.18 bits per heavy atom. The molecule has 1 aromatic carbocycles. The highest BCUT2D eigenvalue weighted by molar-refractivity contribution is 5.74. The summed E-state index contributed by atoms with van der Waals surface area (Å²) in [4.78, 5) is 27.1. The molecule has 110 valence electrons. The van der Waals surface area contributed by atoms with Gasteiger partial charge in [-0.3, -0.25) is 14.0 Å². The van der Waals surface area contributed by atoms with Gasteiger partial charge in [-0.15, -0.1) is 0 Å². The van der Waals surface area contributed by atoms with Crippen molar-refractivity contribution in [3.05, 3.63) is 75.8 Å². The molecular weight excluding hydrogens is 280 g/mol. The van der Waals surface area contributed by atoms with Crippen molar-refractivity contribution in [1.29, 1.82) is 0 Å². The first-order chi connectivity index (χ1) is 10.7. The lowest BCUT2D eigenvalue weighted by atomic mass is 10.2. The Labute approximate surface area is 126 Å². The number of rotatable bonds is 4. The van der Waals surface area contributed by atoms with E-state index in [1.165, 1.54) is 10.5 Å². The number of fused-ring (bicyclic) bond motifs is 1. The van der Waals surface area contributed by atoms with E-state index in [0.29, 0.717) is 22.7 Å². The first-order valence-corrected chi connectivity index (χ1v) is 6.83. The van der Waals surface area contributed by atoms with Crippen LogP contribution < -0.4 is 10.3 Å². The number of benzene rings is 1. The molecule has 0 unspecified atom stereocenters. The highest BCUT2D eigenvalue weighted by Gasteiger charge is 2.04. The Hall–Kier alpha value is -2.95. The molecule has 2 aromatic heterocycles. The molecule has 0 saturated carbocycles.